The van der Waals surface area contributed by atoms with Crippen LogP contribution in [0.2, 0.25) is 10.0 Å². The van der Waals surface area contributed by atoms with Gasteiger partial charge in [-0.2, -0.15) is 0 Å². The first kappa shape index (κ1) is 28.3. The number of piperazine rings is 1. The van der Waals surface area contributed by atoms with Crippen LogP contribution in [0.5, 0.6) is 0 Å². The molecule has 1 N–H and O–H groups in total. The molecule has 2 amide bonds. The van der Waals surface area contributed by atoms with Crippen LogP contribution in [0, 0.1) is 0 Å². The number of benzene rings is 2. The highest BCUT2D eigenvalue weighted by atomic mass is 35.5. The Morgan fingerprint density at radius 3 is 2.54 bits per heavy atom. The van der Waals surface area contributed by atoms with Crippen molar-refractivity contribution in [3.05, 3.63) is 69.0 Å². The van der Waals surface area contributed by atoms with E-state index in [1.54, 1.807) is 11.8 Å². The highest BCUT2D eigenvalue weighted by Crippen LogP contribution is 2.42. The van der Waals surface area contributed by atoms with Crippen LogP contribution in [0.3, 0.4) is 0 Å². The maximum Gasteiger partial charge on any atom is 0.261 e. The topological polar surface area (TPSA) is 55.9 Å². The number of rotatable bonds is 8. The van der Waals surface area contributed by atoms with Crippen LogP contribution in [0.25, 0.3) is 6.08 Å². The van der Waals surface area contributed by atoms with E-state index in [4.69, 9.17) is 23.2 Å². The number of hydrogen-bond acceptors (Lipinski definition) is 5. The van der Waals surface area contributed by atoms with E-state index in [2.05, 4.69) is 21.2 Å². The smallest absolute Gasteiger partial charge is 0.261 e. The van der Waals surface area contributed by atoms with E-state index in [9.17, 15) is 9.59 Å². The zero-order valence-corrected chi connectivity index (χ0v) is 24.5. The number of thioether (sulfide) groups is 1. The van der Waals surface area contributed by atoms with Crippen LogP contribution in [-0.2, 0) is 9.59 Å². The molecule has 1 saturated carbocycles. The van der Waals surface area contributed by atoms with Crippen molar-refractivity contribution in [2.24, 2.45) is 0 Å². The number of nitrogens with one attached hydrogen (secondary N) is 1. The van der Waals surface area contributed by atoms with Crippen molar-refractivity contribution in [3.8, 4) is 0 Å². The van der Waals surface area contributed by atoms with Crippen molar-refractivity contribution in [2.75, 3.05) is 50.7 Å². The molecule has 2 atom stereocenters. The Morgan fingerprint density at radius 1 is 1.00 bits per heavy atom. The SMILES string of the molecule is O=C(CN1C(=O)/C(=C/c2ccc(Cl)cc2)SC2CCCCC21)NCCCN1CCN(c2cccc(Cl)c2)CC1. The number of carbonyl (C=O) groups is 2. The average molecular weight is 588 g/mol. The monoisotopic (exact) mass is 586 g/mol. The lowest BCUT2D eigenvalue weighted by atomic mass is 9.93. The minimum absolute atomic E-state index is 0.0363. The zero-order valence-electron chi connectivity index (χ0n) is 22.2. The second-order valence-corrected chi connectivity index (χ2v) is 12.7. The number of halogens is 2. The van der Waals surface area contributed by atoms with E-state index in [0.717, 1.165) is 69.0 Å². The summed E-state index contributed by atoms with van der Waals surface area (Å²) in [5.41, 5.74) is 2.12. The van der Waals surface area contributed by atoms with Gasteiger partial charge in [-0.1, -0.05) is 54.2 Å². The highest BCUT2D eigenvalue weighted by molar-refractivity contribution is 8.04. The number of amides is 2. The number of nitrogens with zero attached hydrogens (tertiary/aromatic N) is 3. The van der Waals surface area contributed by atoms with E-state index >= 15 is 0 Å². The van der Waals surface area contributed by atoms with Gasteiger partial charge < -0.3 is 15.1 Å². The summed E-state index contributed by atoms with van der Waals surface area (Å²) in [7, 11) is 0. The lowest BCUT2D eigenvalue weighted by molar-refractivity contribution is -0.135. The van der Waals surface area contributed by atoms with Gasteiger partial charge in [-0.3, -0.25) is 14.5 Å². The molecule has 2 aromatic carbocycles. The average Bonchev–Trinajstić information content (AvgIpc) is 2.95. The fourth-order valence-corrected chi connectivity index (χ4v) is 7.50. The lowest BCUT2D eigenvalue weighted by Crippen LogP contribution is -2.54. The number of anilines is 1. The first-order valence-electron chi connectivity index (χ1n) is 13.9. The van der Waals surface area contributed by atoms with Gasteiger partial charge in [0.05, 0.1) is 4.91 Å². The van der Waals surface area contributed by atoms with E-state index in [1.807, 2.05) is 53.4 Å². The van der Waals surface area contributed by atoms with Crippen LogP contribution >= 0.6 is 35.0 Å². The van der Waals surface area contributed by atoms with E-state index < -0.39 is 0 Å². The molecule has 5 rings (SSSR count). The quantitative estimate of drug-likeness (QED) is 0.324. The maximum absolute atomic E-state index is 13.5. The first-order valence-corrected chi connectivity index (χ1v) is 15.5. The van der Waals surface area contributed by atoms with Gasteiger partial charge in [-0.05, 0) is 67.8 Å². The van der Waals surface area contributed by atoms with Crippen LogP contribution in [0.4, 0.5) is 5.69 Å². The summed E-state index contributed by atoms with van der Waals surface area (Å²) in [4.78, 5) is 33.8. The fraction of sp³-hybridized carbons (Fsp3) is 0.467. The summed E-state index contributed by atoms with van der Waals surface area (Å²) in [6.45, 7) is 5.61. The minimum Gasteiger partial charge on any atom is -0.369 e. The molecule has 0 spiro atoms. The molecule has 2 aromatic rings. The second kappa shape index (κ2) is 13.4. The second-order valence-electron chi connectivity index (χ2n) is 10.5. The third kappa shape index (κ3) is 7.51. The van der Waals surface area contributed by atoms with Crippen molar-refractivity contribution >= 4 is 58.5 Å². The van der Waals surface area contributed by atoms with Crippen molar-refractivity contribution in [3.63, 3.8) is 0 Å². The molecule has 2 aliphatic heterocycles. The van der Waals surface area contributed by atoms with Crippen LogP contribution in [-0.4, -0.2) is 78.7 Å². The molecule has 0 bridgehead atoms. The fourth-order valence-electron chi connectivity index (χ4n) is 5.72. The molecule has 3 aliphatic rings. The Bertz CT molecular complexity index is 1180. The van der Waals surface area contributed by atoms with Gasteiger partial charge in [0.25, 0.3) is 5.91 Å². The van der Waals surface area contributed by atoms with Gasteiger partial charge in [0.1, 0.15) is 6.54 Å². The predicted molar refractivity (Wildman–Crippen MR) is 163 cm³/mol. The van der Waals surface area contributed by atoms with Gasteiger partial charge in [0.2, 0.25) is 5.91 Å². The van der Waals surface area contributed by atoms with Crippen LogP contribution < -0.4 is 10.2 Å². The molecule has 9 heteroatoms. The van der Waals surface area contributed by atoms with Gasteiger partial charge in [0, 0.05) is 59.7 Å². The van der Waals surface area contributed by atoms with Gasteiger partial charge in [-0.15, -0.1) is 11.8 Å². The molecule has 2 unspecified atom stereocenters. The van der Waals surface area contributed by atoms with Crippen molar-refractivity contribution in [2.45, 2.75) is 43.4 Å². The summed E-state index contributed by atoms with van der Waals surface area (Å²) in [6, 6.07) is 15.7. The first-order chi connectivity index (χ1) is 19.0. The predicted octanol–water partition coefficient (Wildman–Crippen LogP) is 5.55. The Hall–Kier alpha value is -2.19. The highest BCUT2D eigenvalue weighted by Gasteiger charge is 2.41. The van der Waals surface area contributed by atoms with Crippen LogP contribution in [0.15, 0.2) is 53.4 Å². The number of fused-ring (bicyclic) bond motifs is 1. The molecule has 208 valence electrons. The van der Waals surface area contributed by atoms with Crippen LogP contribution in [0.1, 0.15) is 37.7 Å². The third-order valence-electron chi connectivity index (χ3n) is 7.82. The Kier molecular flexibility index (Phi) is 9.77. The molecule has 0 radical (unpaired) electrons. The zero-order chi connectivity index (χ0) is 27.2. The third-order valence-corrected chi connectivity index (χ3v) is 9.70. The van der Waals surface area contributed by atoms with Gasteiger partial charge >= 0.3 is 0 Å². The maximum atomic E-state index is 13.5. The van der Waals surface area contributed by atoms with Gasteiger partial charge in [0.15, 0.2) is 0 Å². The summed E-state index contributed by atoms with van der Waals surface area (Å²) in [6.07, 6.45) is 7.14. The van der Waals surface area contributed by atoms with Crippen molar-refractivity contribution < 1.29 is 9.59 Å². The molecule has 0 aromatic heterocycles. The number of carbonyl (C=O) groups excluding carboxylic acids is 2. The Balaban J connectivity index is 1.09. The normalized spacial score (nSPS) is 23.1. The van der Waals surface area contributed by atoms with Crippen molar-refractivity contribution in [1.29, 1.82) is 0 Å². The lowest BCUT2D eigenvalue weighted by Gasteiger charge is -2.43. The van der Waals surface area contributed by atoms with Crippen molar-refractivity contribution in [1.82, 2.24) is 15.1 Å². The molecule has 39 heavy (non-hydrogen) atoms. The largest absolute Gasteiger partial charge is 0.369 e. The standard InChI is InChI=1S/C30H36Cl2N4O2S/c31-23-11-9-22(10-12-23)19-28-30(38)36(26-7-1-2-8-27(26)39-28)21-29(37)33-13-4-14-34-15-17-35(18-16-34)25-6-3-5-24(32)20-25/h3,5-6,9-12,19-20,26-27H,1-2,4,7-8,13-18,21H2,(H,33,37)/b28-19-. The van der Waals surface area contributed by atoms with Gasteiger partial charge in [-0.25, -0.2) is 0 Å². The molecular formula is C30H36Cl2N4O2S. The molecule has 3 fully saturated rings. The van der Waals surface area contributed by atoms with E-state index in [-0.39, 0.29) is 24.4 Å². The summed E-state index contributed by atoms with van der Waals surface area (Å²) >= 11 is 13.9. The minimum atomic E-state index is -0.0730. The van der Waals surface area contributed by atoms with E-state index in [1.165, 1.54) is 12.1 Å². The summed E-state index contributed by atoms with van der Waals surface area (Å²) in [5.74, 6) is -0.109. The molecule has 2 saturated heterocycles. The Morgan fingerprint density at radius 2 is 1.77 bits per heavy atom. The summed E-state index contributed by atoms with van der Waals surface area (Å²) < 4.78 is 0. The summed E-state index contributed by atoms with van der Waals surface area (Å²) in [5, 5.41) is 4.85. The Labute approximate surface area is 245 Å². The van der Waals surface area contributed by atoms with E-state index in [0.29, 0.717) is 21.7 Å². The molecular weight excluding hydrogens is 551 g/mol. The molecule has 6 nitrogen and oxygen atoms in total. The molecule has 1 aliphatic carbocycles. The molecule has 2 heterocycles. The number of hydrogen-bond donors (Lipinski definition) is 1.